The van der Waals surface area contributed by atoms with Crippen LogP contribution in [0.5, 0.6) is 11.6 Å². The Morgan fingerprint density at radius 2 is 1.85 bits per heavy atom. The second kappa shape index (κ2) is 6.06. The van der Waals surface area contributed by atoms with Crippen LogP contribution in [0, 0.1) is 0 Å². The van der Waals surface area contributed by atoms with E-state index in [0.717, 1.165) is 18.0 Å². The highest BCUT2D eigenvalue weighted by Gasteiger charge is 2.14. The van der Waals surface area contributed by atoms with Crippen molar-refractivity contribution < 1.29 is 4.74 Å². The molecular formula is C17H22N2O. The molecule has 0 saturated heterocycles. The third kappa shape index (κ3) is 3.81. The average molecular weight is 270 g/mol. The fourth-order valence-corrected chi connectivity index (χ4v) is 1.94. The van der Waals surface area contributed by atoms with Gasteiger partial charge in [-0.25, -0.2) is 4.98 Å². The molecule has 1 aromatic carbocycles. The smallest absolute Gasteiger partial charge is 0.219 e. The van der Waals surface area contributed by atoms with Crippen LogP contribution in [0.1, 0.15) is 32.0 Å². The molecule has 0 aliphatic heterocycles. The Balaban J connectivity index is 2.19. The molecule has 1 N–H and O–H groups in total. The molecule has 0 spiro atoms. The molecule has 0 amide bonds. The van der Waals surface area contributed by atoms with E-state index in [4.69, 9.17) is 4.74 Å². The number of nitrogens with one attached hydrogen (secondary N) is 1. The van der Waals surface area contributed by atoms with Crippen LogP contribution >= 0.6 is 0 Å². The first-order valence-electron chi connectivity index (χ1n) is 6.88. The van der Waals surface area contributed by atoms with Crippen LogP contribution in [0.4, 0.5) is 0 Å². The van der Waals surface area contributed by atoms with Crippen molar-refractivity contribution in [3.63, 3.8) is 0 Å². The number of aromatic nitrogens is 1. The molecule has 1 aromatic heterocycles. The van der Waals surface area contributed by atoms with Crippen molar-refractivity contribution in [1.29, 1.82) is 0 Å². The third-order valence-corrected chi connectivity index (χ3v) is 3.06. The van der Waals surface area contributed by atoms with Gasteiger partial charge in [0.1, 0.15) is 5.75 Å². The zero-order valence-electron chi connectivity index (χ0n) is 12.6. The topological polar surface area (TPSA) is 34.1 Å². The molecule has 0 unspecified atom stereocenters. The first-order valence-corrected chi connectivity index (χ1v) is 6.88. The lowest BCUT2D eigenvalue weighted by atomic mass is 9.87. The maximum Gasteiger partial charge on any atom is 0.219 e. The summed E-state index contributed by atoms with van der Waals surface area (Å²) >= 11 is 0. The lowest BCUT2D eigenvalue weighted by molar-refractivity contribution is 0.457. The molecule has 3 heteroatoms. The van der Waals surface area contributed by atoms with Gasteiger partial charge in [0.15, 0.2) is 0 Å². The number of hydrogen-bond acceptors (Lipinski definition) is 3. The largest absolute Gasteiger partial charge is 0.439 e. The molecule has 3 nitrogen and oxygen atoms in total. The summed E-state index contributed by atoms with van der Waals surface area (Å²) in [7, 11) is 1.90. The number of rotatable bonds is 4. The van der Waals surface area contributed by atoms with Crippen molar-refractivity contribution >= 4 is 0 Å². The predicted octanol–water partition coefficient (Wildman–Crippen LogP) is 3.89. The first-order chi connectivity index (χ1) is 9.49. The summed E-state index contributed by atoms with van der Waals surface area (Å²) in [5, 5.41) is 3.09. The summed E-state index contributed by atoms with van der Waals surface area (Å²) in [5.41, 5.74) is 2.33. The summed E-state index contributed by atoms with van der Waals surface area (Å²) in [4.78, 5) is 4.46. The van der Waals surface area contributed by atoms with Crippen molar-refractivity contribution in [2.45, 2.75) is 32.7 Å². The van der Waals surface area contributed by atoms with Crippen LogP contribution in [0.25, 0.3) is 0 Å². The normalized spacial score (nSPS) is 11.4. The fourth-order valence-electron chi connectivity index (χ4n) is 1.94. The maximum atomic E-state index is 5.86. The van der Waals surface area contributed by atoms with E-state index in [0.29, 0.717) is 5.88 Å². The molecule has 0 aliphatic carbocycles. The van der Waals surface area contributed by atoms with Crippen LogP contribution in [-0.2, 0) is 12.0 Å². The molecule has 0 bridgehead atoms. The Morgan fingerprint density at radius 3 is 2.55 bits per heavy atom. The van der Waals surface area contributed by atoms with E-state index in [1.54, 1.807) is 0 Å². The van der Waals surface area contributed by atoms with E-state index in [2.05, 4.69) is 43.2 Å². The fraction of sp³-hybridized carbons (Fsp3) is 0.353. The standard InChI is InChI=1S/C17H22N2O/c1-17(2,3)13-7-5-9-15(11-13)20-16-10-6-8-14(19-16)12-18-4/h5-11,18H,12H2,1-4H3. The predicted molar refractivity (Wildman–Crippen MR) is 82.2 cm³/mol. The Bertz CT molecular complexity index is 573. The maximum absolute atomic E-state index is 5.86. The second-order valence-corrected chi connectivity index (χ2v) is 5.88. The van der Waals surface area contributed by atoms with Crippen LogP contribution < -0.4 is 10.1 Å². The van der Waals surface area contributed by atoms with Crippen molar-refractivity contribution in [3.05, 3.63) is 53.7 Å². The highest BCUT2D eigenvalue weighted by molar-refractivity contribution is 5.35. The number of hydrogen-bond donors (Lipinski definition) is 1. The van der Waals surface area contributed by atoms with Gasteiger partial charge in [-0.05, 0) is 36.2 Å². The van der Waals surface area contributed by atoms with E-state index < -0.39 is 0 Å². The van der Waals surface area contributed by atoms with Gasteiger partial charge in [-0.3, -0.25) is 0 Å². The molecule has 1 heterocycles. The third-order valence-electron chi connectivity index (χ3n) is 3.06. The van der Waals surface area contributed by atoms with Crippen LogP contribution in [-0.4, -0.2) is 12.0 Å². The zero-order chi connectivity index (χ0) is 14.6. The molecule has 0 aliphatic rings. The Labute approximate surface area is 121 Å². The number of ether oxygens (including phenoxy) is 1. The average Bonchev–Trinajstić information content (AvgIpc) is 2.39. The van der Waals surface area contributed by atoms with Gasteiger partial charge in [-0.15, -0.1) is 0 Å². The lowest BCUT2D eigenvalue weighted by Crippen LogP contribution is -2.10. The molecule has 2 rings (SSSR count). The van der Waals surface area contributed by atoms with E-state index in [-0.39, 0.29) is 5.41 Å². The monoisotopic (exact) mass is 270 g/mol. The second-order valence-electron chi connectivity index (χ2n) is 5.88. The summed E-state index contributed by atoms with van der Waals surface area (Å²) in [6.07, 6.45) is 0. The number of nitrogens with zero attached hydrogens (tertiary/aromatic N) is 1. The quantitative estimate of drug-likeness (QED) is 0.915. The molecule has 2 aromatic rings. The first kappa shape index (κ1) is 14.5. The van der Waals surface area contributed by atoms with Gasteiger partial charge in [0, 0.05) is 12.6 Å². The highest BCUT2D eigenvalue weighted by atomic mass is 16.5. The van der Waals surface area contributed by atoms with Crippen molar-refractivity contribution in [3.8, 4) is 11.6 Å². The van der Waals surface area contributed by atoms with Crippen molar-refractivity contribution in [2.24, 2.45) is 0 Å². The van der Waals surface area contributed by atoms with E-state index in [1.165, 1.54) is 5.56 Å². The Morgan fingerprint density at radius 1 is 1.10 bits per heavy atom. The minimum absolute atomic E-state index is 0.112. The summed E-state index contributed by atoms with van der Waals surface area (Å²) in [6, 6.07) is 14.0. The number of benzene rings is 1. The highest BCUT2D eigenvalue weighted by Crippen LogP contribution is 2.27. The van der Waals surface area contributed by atoms with Crippen LogP contribution in [0.2, 0.25) is 0 Å². The summed E-state index contributed by atoms with van der Waals surface area (Å²) in [5.74, 6) is 1.45. The van der Waals surface area contributed by atoms with Gasteiger partial charge in [-0.2, -0.15) is 0 Å². The minimum atomic E-state index is 0.112. The van der Waals surface area contributed by atoms with E-state index in [1.807, 2.05) is 37.4 Å². The lowest BCUT2D eigenvalue weighted by Gasteiger charge is -2.19. The summed E-state index contributed by atoms with van der Waals surface area (Å²) in [6.45, 7) is 7.31. The molecule has 0 saturated carbocycles. The molecule has 106 valence electrons. The number of pyridine rings is 1. The van der Waals surface area contributed by atoms with E-state index >= 15 is 0 Å². The van der Waals surface area contributed by atoms with E-state index in [9.17, 15) is 0 Å². The molecule has 20 heavy (non-hydrogen) atoms. The molecule has 0 radical (unpaired) electrons. The van der Waals surface area contributed by atoms with Crippen molar-refractivity contribution in [2.75, 3.05) is 7.05 Å². The Kier molecular flexibility index (Phi) is 4.40. The van der Waals surface area contributed by atoms with Gasteiger partial charge >= 0.3 is 0 Å². The van der Waals surface area contributed by atoms with Crippen molar-refractivity contribution in [1.82, 2.24) is 10.3 Å². The minimum Gasteiger partial charge on any atom is -0.439 e. The molecule has 0 fully saturated rings. The van der Waals surface area contributed by atoms with Gasteiger partial charge in [0.25, 0.3) is 0 Å². The van der Waals surface area contributed by atoms with Gasteiger partial charge in [0.05, 0.1) is 5.69 Å². The molecular weight excluding hydrogens is 248 g/mol. The van der Waals surface area contributed by atoms with Gasteiger partial charge in [-0.1, -0.05) is 39.0 Å². The van der Waals surface area contributed by atoms with Crippen LogP contribution in [0.15, 0.2) is 42.5 Å². The molecule has 0 atom stereocenters. The summed E-state index contributed by atoms with van der Waals surface area (Å²) < 4.78 is 5.86. The van der Waals surface area contributed by atoms with Crippen LogP contribution in [0.3, 0.4) is 0 Å². The van der Waals surface area contributed by atoms with Gasteiger partial charge < -0.3 is 10.1 Å². The Hall–Kier alpha value is -1.87. The van der Waals surface area contributed by atoms with Gasteiger partial charge in [0.2, 0.25) is 5.88 Å². The zero-order valence-corrected chi connectivity index (χ0v) is 12.6. The SMILES string of the molecule is CNCc1cccc(Oc2cccc(C(C)(C)C)c2)n1.